The lowest BCUT2D eigenvalue weighted by Gasteiger charge is -2.32. The molecule has 176 valence electrons. The van der Waals surface area contributed by atoms with Crippen molar-refractivity contribution in [1.82, 2.24) is 14.9 Å². The first-order chi connectivity index (χ1) is 17.1. The van der Waals surface area contributed by atoms with E-state index in [1.807, 2.05) is 41.3 Å². The van der Waals surface area contributed by atoms with Crippen LogP contribution in [0.25, 0.3) is 22.2 Å². The van der Waals surface area contributed by atoms with Crippen LogP contribution in [0.2, 0.25) is 5.02 Å². The van der Waals surface area contributed by atoms with E-state index < -0.39 is 0 Å². The topological polar surface area (TPSA) is 69.0 Å². The number of amides is 1. The molecule has 8 heteroatoms. The Kier molecular flexibility index (Phi) is 5.72. The van der Waals surface area contributed by atoms with Crippen molar-refractivity contribution in [3.8, 4) is 22.8 Å². The number of fused-ring (bicyclic) bond motifs is 2. The summed E-state index contributed by atoms with van der Waals surface area (Å²) in [4.78, 5) is 26.0. The Morgan fingerprint density at radius 2 is 1.89 bits per heavy atom. The third kappa shape index (κ3) is 4.40. The van der Waals surface area contributed by atoms with Crippen molar-refractivity contribution in [3.63, 3.8) is 0 Å². The first-order valence-corrected chi connectivity index (χ1v) is 12.0. The SMILES string of the molecule is O=C(c1cc(-c2cccnc2)nc2ccc(Cl)cc12)N1CC[NH+](Cc2ccc3c(c2)OCO3)CC1. The smallest absolute Gasteiger partial charge is 0.255 e. The minimum Gasteiger partial charge on any atom is -0.454 e. The van der Waals surface area contributed by atoms with Gasteiger partial charge in [-0.1, -0.05) is 11.6 Å². The molecule has 0 atom stereocenters. The van der Waals surface area contributed by atoms with Gasteiger partial charge in [-0.05, 0) is 54.6 Å². The number of pyridine rings is 2. The molecule has 2 aromatic heterocycles. The van der Waals surface area contributed by atoms with Crippen molar-refractivity contribution in [3.05, 3.63) is 83.1 Å². The standard InChI is InChI=1S/C27H23ClN4O3/c28-20-4-5-23-21(13-20)22(14-24(30-23)19-2-1-7-29-15-19)27(33)32-10-8-31(9-11-32)16-18-3-6-25-26(12-18)35-17-34-25/h1-7,12-15H,8-11,16-17H2/p+1. The van der Waals surface area contributed by atoms with Gasteiger partial charge in [0.1, 0.15) is 6.54 Å². The Morgan fingerprint density at radius 3 is 2.71 bits per heavy atom. The van der Waals surface area contributed by atoms with Crippen LogP contribution in [0.5, 0.6) is 11.5 Å². The molecule has 4 aromatic rings. The van der Waals surface area contributed by atoms with E-state index in [4.69, 9.17) is 26.1 Å². The van der Waals surface area contributed by atoms with E-state index in [1.165, 1.54) is 10.5 Å². The predicted octanol–water partition coefficient (Wildman–Crippen LogP) is 3.22. The fourth-order valence-corrected chi connectivity index (χ4v) is 4.92. The van der Waals surface area contributed by atoms with Gasteiger partial charge in [-0.25, -0.2) is 4.98 Å². The van der Waals surface area contributed by atoms with Gasteiger partial charge in [-0.2, -0.15) is 0 Å². The summed E-state index contributed by atoms with van der Waals surface area (Å²) in [5.41, 5.74) is 4.17. The number of benzene rings is 2. The number of carbonyl (C=O) groups excluding carboxylic acids is 1. The van der Waals surface area contributed by atoms with Gasteiger partial charge >= 0.3 is 0 Å². The molecule has 7 nitrogen and oxygen atoms in total. The summed E-state index contributed by atoms with van der Waals surface area (Å²) in [6.07, 6.45) is 3.48. The monoisotopic (exact) mass is 487 g/mol. The zero-order valence-electron chi connectivity index (χ0n) is 19.0. The van der Waals surface area contributed by atoms with Crippen LogP contribution < -0.4 is 14.4 Å². The lowest BCUT2D eigenvalue weighted by Crippen LogP contribution is -3.13. The van der Waals surface area contributed by atoms with Crippen molar-refractivity contribution < 1.29 is 19.2 Å². The first-order valence-electron chi connectivity index (χ1n) is 11.7. The summed E-state index contributed by atoms with van der Waals surface area (Å²) in [5.74, 6) is 1.62. The maximum absolute atomic E-state index is 13.7. The summed E-state index contributed by atoms with van der Waals surface area (Å²) < 4.78 is 10.9. The number of carbonyl (C=O) groups is 1. The van der Waals surface area contributed by atoms with Crippen LogP contribution in [0.3, 0.4) is 0 Å². The quantitative estimate of drug-likeness (QED) is 0.478. The van der Waals surface area contributed by atoms with Crippen molar-refractivity contribution >= 4 is 28.4 Å². The van der Waals surface area contributed by atoms with Crippen molar-refractivity contribution in [2.75, 3.05) is 33.0 Å². The van der Waals surface area contributed by atoms with Gasteiger partial charge in [0.05, 0.1) is 43.0 Å². The molecule has 0 aliphatic carbocycles. The normalized spacial score (nSPS) is 15.5. The molecule has 1 saturated heterocycles. The second-order valence-corrected chi connectivity index (χ2v) is 9.30. The minimum absolute atomic E-state index is 0.00642. The molecule has 4 heterocycles. The van der Waals surface area contributed by atoms with E-state index >= 15 is 0 Å². The molecule has 0 saturated carbocycles. The van der Waals surface area contributed by atoms with Gasteiger partial charge < -0.3 is 19.3 Å². The van der Waals surface area contributed by atoms with E-state index in [1.54, 1.807) is 18.5 Å². The van der Waals surface area contributed by atoms with E-state index in [0.29, 0.717) is 23.7 Å². The van der Waals surface area contributed by atoms with E-state index in [0.717, 1.165) is 53.3 Å². The summed E-state index contributed by atoms with van der Waals surface area (Å²) in [5, 5.41) is 1.35. The van der Waals surface area contributed by atoms with Gasteiger partial charge in [0.25, 0.3) is 5.91 Å². The zero-order valence-corrected chi connectivity index (χ0v) is 19.8. The van der Waals surface area contributed by atoms with Crippen LogP contribution in [0.1, 0.15) is 15.9 Å². The van der Waals surface area contributed by atoms with Crippen molar-refractivity contribution in [1.29, 1.82) is 0 Å². The highest BCUT2D eigenvalue weighted by Crippen LogP contribution is 2.32. The van der Waals surface area contributed by atoms with Gasteiger partial charge in [0.2, 0.25) is 6.79 Å². The average molecular weight is 488 g/mol. The van der Waals surface area contributed by atoms with Crippen LogP contribution in [-0.2, 0) is 6.54 Å². The number of hydrogen-bond donors (Lipinski definition) is 1. The van der Waals surface area contributed by atoms with Crippen LogP contribution in [0, 0.1) is 0 Å². The fourth-order valence-electron chi connectivity index (χ4n) is 4.75. The lowest BCUT2D eigenvalue weighted by molar-refractivity contribution is -0.917. The molecule has 1 N–H and O–H groups in total. The van der Waals surface area contributed by atoms with Crippen molar-refractivity contribution in [2.24, 2.45) is 0 Å². The number of piperazine rings is 1. The minimum atomic E-state index is 0.00642. The Morgan fingerprint density at radius 1 is 1.03 bits per heavy atom. The van der Waals surface area contributed by atoms with Crippen molar-refractivity contribution in [2.45, 2.75) is 6.54 Å². The largest absolute Gasteiger partial charge is 0.454 e. The molecule has 35 heavy (non-hydrogen) atoms. The van der Waals surface area contributed by atoms with Crippen LogP contribution in [-0.4, -0.2) is 53.7 Å². The molecule has 0 radical (unpaired) electrons. The highest BCUT2D eigenvalue weighted by molar-refractivity contribution is 6.31. The Hall–Kier alpha value is -3.68. The van der Waals surface area contributed by atoms with Crippen LogP contribution >= 0.6 is 11.6 Å². The Bertz CT molecular complexity index is 1400. The third-order valence-corrected chi connectivity index (χ3v) is 6.84. The molecular formula is C27H24ClN4O3+. The highest BCUT2D eigenvalue weighted by Gasteiger charge is 2.27. The molecule has 2 aliphatic rings. The molecule has 1 amide bonds. The fraction of sp³-hybridized carbons (Fsp3) is 0.222. The Balaban J connectivity index is 1.22. The van der Waals surface area contributed by atoms with Gasteiger partial charge in [0.15, 0.2) is 11.5 Å². The number of halogens is 1. The number of aromatic nitrogens is 2. The molecule has 6 rings (SSSR count). The summed E-state index contributed by atoms with van der Waals surface area (Å²) in [7, 11) is 0. The molecule has 2 aromatic carbocycles. The van der Waals surface area contributed by atoms with Gasteiger partial charge in [-0.15, -0.1) is 0 Å². The Labute approximate surface area is 207 Å². The number of ether oxygens (including phenoxy) is 2. The maximum atomic E-state index is 13.7. The molecular weight excluding hydrogens is 464 g/mol. The number of quaternary nitrogens is 1. The molecule has 1 fully saturated rings. The van der Waals surface area contributed by atoms with Gasteiger partial charge in [0, 0.05) is 33.9 Å². The summed E-state index contributed by atoms with van der Waals surface area (Å²) >= 11 is 6.29. The third-order valence-electron chi connectivity index (χ3n) is 6.61. The summed E-state index contributed by atoms with van der Waals surface area (Å²) in [6.45, 7) is 4.29. The first kappa shape index (κ1) is 21.8. The highest BCUT2D eigenvalue weighted by atomic mass is 35.5. The zero-order chi connectivity index (χ0) is 23.8. The number of hydrogen-bond acceptors (Lipinski definition) is 5. The van der Waals surface area contributed by atoms with E-state index in [9.17, 15) is 4.79 Å². The molecule has 2 aliphatic heterocycles. The molecule has 0 spiro atoms. The number of rotatable bonds is 4. The van der Waals surface area contributed by atoms with E-state index in [-0.39, 0.29) is 12.7 Å². The number of nitrogens with one attached hydrogen (secondary N) is 1. The predicted molar refractivity (Wildman–Crippen MR) is 133 cm³/mol. The second kappa shape index (κ2) is 9.17. The molecule has 0 unspecified atom stereocenters. The maximum Gasteiger partial charge on any atom is 0.255 e. The van der Waals surface area contributed by atoms with Crippen LogP contribution in [0.15, 0.2) is 67.0 Å². The van der Waals surface area contributed by atoms with E-state index in [2.05, 4.69) is 17.1 Å². The second-order valence-electron chi connectivity index (χ2n) is 8.86. The number of nitrogens with zero attached hydrogens (tertiary/aromatic N) is 3. The summed E-state index contributed by atoms with van der Waals surface area (Å²) in [6, 6.07) is 17.3. The molecule has 0 bridgehead atoms. The lowest BCUT2D eigenvalue weighted by atomic mass is 10.0. The average Bonchev–Trinajstić information content (AvgIpc) is 3.37. The van der Waals surface area contributed by atoms with Gasteiger partial charge in [-0.3, -0.25) is 9.78 Å². The van der Waals surface area contributed by atoms with Crippen LogP contribution in [0.4, 0.5) is 0 Å².